The molecule has 6 heterocycles. The second-order valence-corrected chi connectivity index (χ2v) is 10.3. The molecule has 33 heavy (non-hydrogen) atoms. The van der Waals surface area contributed by atoms with E-state index in [1.807, 2.05) is 12.3 Å². The molecule has 7 heteroatoms. The first kappa shape index (κ1) is 21.4. The number of rotatable bonds is 3. The summed E-state index contributed by atoms with van der Waals surface area (Å²) in [7, 11) is 2.21. The highest BCUT2D eigenvalue weighted by Crippen LogP contribution is 2.43. The van der Waals surface area contributed by atoms with Crippen molar-refractivity contribution in [2.75, 3.05) is 38.1 Å². The van der Waals surface area contributed by atoms with E-state index < -0.39 is 0 Å². The lowest BCUT2D eigenvalue weighted by molar-refractivity contribution is 0.109. The van der Waals surface area contributed by atoms with Gasteiger partial charge in [0.15, 0.2) is 0 Å². The van der Waals surface area contributed by atoms with Gasteiger partial charge >= 0.3 is 0 Å². The Labute approximate surface area is 201 Å². The summed E-state index contributed by atoms with van der Waals surface area (Å²) in [6.45, 7) is 6.67. The van der Waals surface area contributed by atoms with E-state index in [1.54, 1.807) is 0 Å². The Hall–Kier alpha value is -2.15. The number of hydrogen-bond acceptors (Lipinski definition) is 5. The van der Waals surface area contributed by atoms with Gasteiger partial charge in [-0.05, 0) is 76.4 Å². The number of hydrogen-bond donors (Lipinski definition) is 0. The van der Waals surface area contributed by atoms with Crippen LogP contribution in [0.5, 0.6) is 0 Å². The Kier molecular flexibility index (Phi) is 5.55. The van der Waals surface area contributed by atoms with Gasteiger partial charge in [-0.25, -0.2) is 4.98 Å². The second kappa shape index (κ2) is 8.57. The number of nitrogens with zero attached hydrogens (tertiary/aromatic N) is 6. The van der Waals surface area contributed by atoms with Crippen molar-refractivity contribution in [2.45, 2.75) is 57.2 Å². The van der Waals surface area contributed by atoms with E-state index in [-0.39, 0.29) is 6.04 Å². The van der Waals surface area contributed by atoms with Crippen LogP contribution in [0.4, 0.5) is 5.82 Å². The van der Waals surface area contributed by atoms with Crippen LogP contribution >= 0.6 is 11.6 Å². The Morgan fingerprint density at radius 2 is 1.79 bits per heavy atom. The van der Waals surface area contributed by atoms with Crippen LogP contribution in [0.2, 0.25) is 5.15 Å². The third kappa shape index (κ3) is 3.63. The van der Waals surface area contributed by atoms with Gasteiger partial charge < -0.3 is 4.90 Å². The van der Waals surface area contributed by atoms with Crippen LogP contribution in [0.15, 0.2) is 36.5 Å². The van der Waals surface area contributed by atoms with Gasteiger partial charge in [0.2, 0.25) is 0 Å². The van der Waals surface area contributed by atoms with Gasteiger partial charge in [-0.15, -0.1) is 0 Å². The maximum Gasteiger partial charge on any atom is 0.139 e. The first-order valence-electron chi connectivity index (χ1n) is 12.4. The van der Waals surface area contributed by atoms with E-state index in [9.17, 15) is 0 Å². The lowest BCUT2D eigenvalue weighted by Crippen LogP contribution is -2.50. The largest absolute Gasteiger partial charge is 0.355 e. The molecule has 0 radical (unpaired) electrons. The van der Waals surface area contributed by atoms with Gasteiger partial charge in [-0.1, -0.05) is 23.7 Å². The summed E-state index contributed by atoms with van der Waals surface area (Å²) in [5, 5.41) is 0.768. The molecule has 0 aliphatic carbocycles. The maximum atomic E-state index is 7.14. The van der Waals surface area contributed by atoms with Crippen molar-refractivity contribution in [3.05, 3.63) is 58.6 Å². The fourth-order valence-electron chi connectivity index (χ4n) is 6.35. The van der Waals surface area contributed by atoms with Gasteiger partial charge in [0.05, 0.1) is 23.5 Å². The van der Waals surface area contributed by atoms with E-state index >= 15 is 0 Å². The molecule has 6 rings (SSSR count). The predicted molar refractivity (Wildman–Crippen MR) is 133 cm³/mol. The number of pyridine rings is 2. The third-order valence-corrected chi connectivity index (χ3v) is 8.49. The number of halogens is 1. The summed E-state index contributed by atoms with van der Waals surface area (Å²) < 4.78 is 2.19. The predicted octanol–water partition coefficient (Wildman–Crippen LogP) is 4.87. The van der Waals surface area contributed by atoms with Crippen LogP contribution < -0.4 is 4.90 Å². The van der Waals surface area contributed by atoms with E-state index in [1.165, 1.54) is 36.5 Å². The first-order chi connectivity index (χ1) is 16.1. The second-order valence-electron chi connectivity index (χ2n) is 9.98. The zero-order valence-corrected chi connectivity index (χ0v) is 20.4. The molecule has 6 nitrogen and oxygen atoms in total. The van der Waals surface area contributed by atoms with Crippen LogP contribution in [0.25, 0.3) is 5.65 Å². The van der Waals surface area contributed by atoms with Crippen molar-refractivity contribution in [1.82, 2.24) is 24.2 Å². The topological polar surface area (TPSA) is 39.9 Å². The Morgan fingerprint density at radius 1 is 0.939 bits per heavy atom. The smallest absolute Gasteiger partial charge is 0.139 e. The molecule has 0 aromatic carbocycles. The van der Waals surface area contributed by atoms with Gasteiger partial charge in [-0.2, -0.15) is 0 Å². The minimum atomic E-state index is 0.192. The maximum absolute atomic E-state index is 7.14. The van der Waals surface area contributed by atoms with Crippen LogP contribution in [0.3, 0.4) is 0 Å². The van der Waals surface area contributed by atoms with Crippen molar-refractivity contribution in [1.29, 1.82) is 0 Å². The first-order valence-corrected chi connectivity index (χ1v) is 12.8. The molecule has 3 aromatic heterocycles. The number of anilines is 1. The third-order valence-electron chi connectivity index (χ3n) is 8.12. The van der Waals surface area contributed by atoms with Crippen molar-refractivity contribution >= 4 is 23.1 Å². The molecule has 3 fully saturated rings. The number of imidazole rings is 1. The Bertz CT molecular complexity index is 1160. The number of aryl methyl sites for hydroxylation is 1. The Morgan fingerprint density at radius 3 is 2.64 bits per heavy atom. The number of likely N-dealkylation sites (tertiary alicyclic amines) is 1. The summed E-state index contributed by atoms with van der Waals surface area (Å²) in [5.41, 5.74) is 4.39. The fraction of sp³-hybridized carbons (Fsp3) is 0.538. The van der Waals surface area contributed by atoms with Crippen LogP contribution in [0.1, 0.15) is 61.1 Å². The average molecular weight is 465 g/mol. The van der Waals surface area contributed by atoms with Crippen molar-refractivity contribution in [3.63, 3.8) is 0 Å². The lowest BCUT2D eigenvalue weighted by atomic mass is 9.91. The molecule has 3 aliphatic heterocycles. The molecule has 3 atom stereocenters. The van der Waals surface area contributed by atoms with Gasteiger partial charge in [0.25, 0.3) is 0 Å². The van der Waals surface area contributed by atoms with E-state index in [0.717, 1.165) is 55.4 Å². The highest BCUT2D eigenvalue weighted by atomic mass is 35.5. The molecule has 0 bridgehead atoms. The molecule has 0 saturated carbocycles. The molecule has 0 N–H and O–H groups in total. The monoisotopic (exact) mass is 464 g/mol. The molecule has 3 aliphatic rings. The molecule has 174 valence electrons. The number of piperidine rings is 1. The van der Waals surface area contributed by atoms with E-state index in [2.05, 4.69) is 57.3 Å². The van der Waals surface area contributed by atoms with Crippen LogP contribution in [-0.4, -0.2) is 63.4 Å². The summed E-state index contributed by atoms with van der Waals surface area (Å²) >= 11 is 7.14. The highest BCUT2D eigenvalue weighted by Gasteiger charge is 2.35. The number of aromatic nitrogens is 3. The highest BCUT2D eigenvalue weighted by molar-refractivity contribution is 6.30. The average Bonchev–Trinajstić information content (AvgIpc) is 3.44. The van der Waals surface area contributed by atoms with Gasteiger partial charge in [-0.3, -0.25) is 19.2 Å². The molecular weight excluding hydrogens is 432 g/mol. The van der Waals surface area contributed by atoms with E-state index in [0.29, 0.717) is 12.1 Å². The summed E-state index contributed by atoms with van der Waals surface area (Å²) in [5.74, 6) is 1.18. The van der Waals surface area contributed by atoms with Crippen LogP contribution in [-0.2, 0) is 0 Å². The molecule has 3 saturated heterocycles. The molecule has 0 amide bonds. The molecule has 0 spiro atoms. The summed E-state index contributed by atoms with van der Waals surface area (Å²) in [6, 6.07) is 11.8. The SMILES string of the molecule is Cc1cccnc1[C@@H]1CCC[C@H](c2nc3cccc(N4CCN5CCCC5C4)n3c2Cl)N1C. The minimum absolute atomic E-state index is 0.192. The van der Waals surface area contributed by atoms with Crippen molar-refractivity contribution in [2.24, 2.45) is 0 Å². The lowest BCUT2D eigenvalue weighted by Gasteiger charge is -2.39. The van der Waals surface area contributed by atoms with Crippen molar-refractivity contribution in [3.8, 4) is 0 Å². The zero-order chi connectivity index (χ0) is 22.5. The number of fused-ring (bicyclic) bond motifs is 2. The number of piperazine rings is 1. The normalized spacial score (nSPS) is 26.8. The fourth-order valence-corrected chi connectivity index (χ4v) is 6.69. The summed E-state index contributed by atoms with van der Waals surface area (Å²) in [4.78, 5) is 17.4. The van der Waals surface area contributed by atoms with Crippen LogP contribution in [0, 0.1) is 6.92 Å². The standard InChI is InChI=1S/C26H33ClN6/c1-18-7-5-13-28-24(18)20-9-3-10-21(30(20)2)25-26(27)33-22(29-25)11-4-12-23(33)32-16-15-31-14-6-8-19(31)17-32/h4-5,7,11-13,19-21H,3,6,8-10,14-17H2,1-2H3/t19?,20-,21+/m0/s1. The van der Waals surface area contributed by atoms with E-state index in [4.69, 9.17) is 21.6 Å². The summed E-state index contributed by atoms with van der Waals surface area (Å²) in [6.07, 6.45) is 7.87. The zero-order valence-electron chi connectivity index (χ0n) is 19.6. The van der Waals surface area contributed by atoms with Gasteiger partial charge in [0.1, 0.15) is 16.6 Å². The minimum Gasteiger partial charge on any atom is -0.355 e. The van der Waals surface area contributed by atoms with Crippen molar-refractivity contribution < 1.29 is 0 Å². The molecule has 1 unspecified atom stereocenters. The molecule has 3 aromatic rings. The molecular formula is C26H33ClN6. The quantitative estimate of drug-likeness (QED) is 0.552. The Balaban J connectivity index is 1.35. The van der Waals surface area contributed by atoms with Gasteiger partial charge in [0, 0.05) is 31.9 Å².